The van der Waals surface area contributed by atoms with Crippen molar-refractivity contribution >= 4 is 47.7 Å². The number of hydrogen-bond acceptors (Lipinski definition) is 5. The van der Waals surface area contributed by atoms with Crippen molar-refractivity contribution in [3.63, 3.8) is 0 Å². The lowest BCUT2D eigenvalue weighted by Crippen LogP contribution is -2.41. The predicted molar refractivity (Wildman–Crippen MR) is 159 cm³/mol. The van der Waals surface area contributed by atoms with Gasteiger partial charge < -0.3 is 20.0 Å². The molecule has 0 spiro atoms. The van der Waals surface area contributed by atoms with Gasteiger partial charge in [-0.15, -0.1) is 0 Å². The number of carbonyl (C=O) groups is 4. The van der Waals surface area contributed by atoms with Crippen molar-refractivity contribution in [1.29, 1.82) is 0 Å². The Morgan fingerprint density at radius 3 is 1.40 bits per heavy atom. The Morgan fingerprint density at radius 1 is 0.681 bits per heavy atom. The number of aliphatic carboxylic acids is 2. The van der Waals surface area contributed by atoms with Crippen LogP contribution in [0.3, 0.4) is 0 Å². The van der Waals surface area contributed by atoms with Crippen LogP contribution in [0.15, 0.2) is 58.3 Å². The van der Waals surface area contributed by atoms with Gasteiger partial charge in [0.05, 0.1) is 23.0 Å². The monoisotopic (exact) mass is 684 g/mol. The average Bonchev–Trinajstić information content (AvgIpc) is 3.02. The average molecular weight is 685 g/mol. The number of halogens is 6. The number of carbonyl (C=O) groups excluding carboxylic acids is 2. The second-order valence-corrected chi connectivity index (χ2v) is 12.3. The molecular weight excluding hydrogens is 654 g/mol. The molecule has 0 saturated carbocycles. The van der Waals surface area contributed by atoms with Crippen LogP contribution in [-0.2, 0) is 31.5 Å². The number of piperidine rings is 2. The molecule has 4 rings (SSSR count). The molecule has 15 heteroatoms. The van der Waals surface area contributed by atoms with Crippen LogP contribution in [0.5, 0.6) is 0 Å². The molecule has 0 unspecified atom stereocenters. The second kappa shape index (κ2) is 14.7. The maximum Gasteiger partial charge on any atom is 0.417 e. The van der Waals surface area contributed by atoms with Crippen molar-refractivity contribution in [1.82, 2.24) is 9.80 Å². The summed E-state index contributed by atoms with van der Waals surface area (Å²) < 4.78 is 84.4. The minimum atomic E-state index is -4.95. The van der Waals surface area contributed by atoms with Gasteiger partial charge in [-0.25, -0.2) is 0 Å². The van der Waals surface area contributed by atoms with E-state index in [0.29, 0.717) is 50.9 Å². The molecule has 8 nitrogen and oxygen atoms in total. The van der Waals surface area contributed by atoms with Gasteiger partial charge in [0.15, 0.2) is 0 Å². The number of amides is 2. The third kappa shape index (κ3) is 9.40. The highest BCUT2D eigenvalue weighted by atomic mass is 32.2. The van der Waals surface area contributed by atoms with E-state index in [0.717, 1.165) is 36.4 Å². The molecule has 2 aromatic carbocycles. The quantitative estimate of drug-likeness (QED) is 0.240. The zero-order valence-electron chi connectivity index (χ0n) is 24.7. The largest absolute Gasteiger partial charge is 0.481 e. The normalized spacial score (nSPS) is 19.4. The summed E-state index contributed by atoms with van der Waals surface area (Å²) in [4.78, 5) is 49.2. The van der Waals surface area contributed by atoms with Crippen molar-refractivity contribution < 1.29 is 55.7 Å². The third-order valence-corrected chi connectivity index (χ3v) is 8.99. The molecule has 0 radical (unpaired) electrons. The first-order chi connectivity index (χ1) is 22.0. The van der Waals surface area contributed by atoms with Crippen LogP contribution in [0, 0.1) is 11.8 Å². The summed E-state index contributed by atoms with van der Waals surface area (Å²) in [6.07, 6.45) is -3.85. The Morgan fingerprint density at radius 2 is 1.06 bits per heavy atom. The summed E-state index contributed by atoms with van der Waals surface area (Å²) in [7, 11) is 0. The van der Waals surface area contributed by atoms with Crippen molar-refractivity contribution in [2.75, 3.05) is 26.2 Å². The molecule has 0 aromatic heterocycles. The molecule has 2 aliphatic rings. The van der Waals surface area contributed by atoms with E-state index in [9.17, 15) is 55.7 Å². The zero-order chi connectivity index (χ0) is 34.5. The van der Waals surface area contributed by atoms with Crippen LogP contribution in [-0.4, -0.2) is 69.9 Å². The van der Waals surface area contributed by atoms with E-state index in [1.165, 1.54) is 21.9 Å². The first-order valence-electron chi connectivity index (χ1n) is 14.5. The van der Waals surface area contributed by atoms with E-state index in [4.69, 9.17) is 0 Å². The molecule has 2 aliphatic heterocycles. The maximum absolute atomic E-state index is 14.1. The summed E-state index contributed by atoms with van der Waals surface area (Å²) in [5.74, 6) is -4.72. The van der Waals surface area contributed by atoms with Gasteiger partial charge in [0, 0.05) is 48.1 Å². The Hall–Kier alpha value is -4.27. The molecule has 2 atom stereocenters. The maximum atomic E-state index is 14.1. The predicted octanol–water partition coefficient (Wildman–Crippen LogP) is 6.55. The number of likely N-dealkylation sites (tertiary alicyclic amines) is 2. The highest BCUT2D eigenvalue weighted by molar-refractivity contribution is 7.99. The molecule has 47 heavy (non-hydrogen) atoms. The molecule has 2 N–H and O–H groups in total. The number of hydrogen-bond donors (Lipinski definition) is 2. The number of carboxylic acids is 2. The number of rotatable bonds is 8. The minimum absolute atomic E-state index is 0.0278. The molecule has 0 aliphatic carbocycles. The summed E-state index contributed by atoms with van der Waals surface area (Å²) in [5, 5.41) is 18.4. The van der Waals surface area contributed by atoms with Gasteiger partial charge in [0.25, 0.3) is 0 Å². The lowest BCUT2D eigenvalue weighted by Gasteiger charge is -2.29. The van der Waals surface area contributed by atoms with Gasteiger partial charge in [0.1, 0.15) is 0 Å². The number of alkyl halides is 6. The van der Waals surface area contributed by atoms with E-state index in [2.05, 4.69) is 0 Å². The van der Waals surface area contributed by atoms with Crippen LogP contribution in [0.25, 0.3) is 12.2 Å². The fourth-order valence-corrected chi connectivity index (χ4v) is 6.42. The first-order valence-corrected chi connectivity index (χ1v) is 15.3. The summed E-state index contributed by atoms with van der Waals surface area (Å²) in [6.45, 7) is 0.544. The van der Waals surface area contributed by atoms with Crippen molar-refractivity contribution in [3.05, 3.63) is 70.8 Å². The second-order valence-electron chi connectivity index (χ2n) is 11.2. The number of nitrogens with zero attached hydrogens (tertiary/aromatic N) is 2. The molecule has 252 valence electrons. The molecule has 2 fully saturated rings. The summed E-state index contributed by atoms with van der Waals surface area (Å²) in [5.41, 5.74) is -2.51. The van der Waals surface area contributed by atoms with Gasteiger partial charge >= 0.3 is 24.3 Å². The molecular formula is C32H30F6N2O6S. The van der Waals surface area contributed by atoms with Gasteiger partial charge in [-0.3, -0.25) is 19.2 Å². The summed E-state index contributed by atoms with van der Waals surface area (Å²) >= 11 is 0.262. The Bertz CT molecular complexity index is 1470. The molecule has 2 heterocycles. The Labute approximate surface area is 269 Å². The van der Waals surface area contributed by atoms with Gasteiger partial charge in [-0.2, -0.15) is 26.3 Å². The number of benzene rings is 2. The smallest absolute Gasteiger partial charge is 0.417 e. The standard InChI is InChI=1S/C32H30F6N2O6S/c33-31(34,35)23-15-19(7-11-27(41)39-13-1-3-21(17-39)29(43)44)5-9-25(23)47-26-10-6-20(16-24(26)32(36,37)38)8-12-28(42)40-14-2-4-22(18-40)30(45)46/h5-12,15-16,21-22H,1-4,13-14,17-18H2,(H,43,44)(H,45,46)/b11-7+,12-8+/t21-,22-/m1/s1. The van der Waals surface area contributed by atoms with Gasteiger partial charge in [-0.1, -0.05) is 23.9 Å². The Kier molecular flexibility index (Phi) is 11.1. The lowest BCUT2D eigenvalue weighted by molar-refractivity contribution is -0.146. The molecule has 2 saturated heterocycles. The highest BCUT2D eigenvalue weighted by Gasteiger charge is 2.37. The van der Waals surface area contributed by atoms with Crippen molar-refractivity contribution in [3.8, 4) is 0 Å². The summed E-state index contributed by atoms with van der Waals surface area (Å²) in [6, 6.07) is 5.90. The SMILES string of the molecule is O=C(O)[C@@H]1CCCN(C(=O)/C=C/c2ccc(Sc3ccc(/C=C/C(=O)N4CCC[C@@H](C(=O)O)C4)cc3C(F)(F)F)c(C(F)(F)F)c2)C1. The number of carboxylic acid groups (broad SMARTS) is 2. The van der Waals surface area contributed by atoms with E-state index in [-0.39, 0.29) is 36.0 Å². The molecule has 2 aromatic rings. The van der Waals surface area contributed by atoms with Crippen molar-refractivity contribution in [2.24, 2.45) is 11.8 Å². The van der Waals surface area contributed by atoms with E-state index in [1.807, 2.05) is 0 Å². The topological polar surface area (TPSA) is 115 Å². The van der Waals surface area contributed by atoms with Crippen LogP contribution in [0.4, 0.5) is 26.3 Å². The van der Waals surface area contributed by atoms with Crippen molar-refractivity contribution in [2.45, 2.75) is 47.8 Å². The first kappa shape index (κ1) is 35.6. The van der Waals surface area contributed by atoms with Gasteiger partial charge in [-0.05, 0) is 73.2 Å². The van der Waals surface area contributed by atoms with E-state index in [1.54, 1.807) is 0 Å². The molecule has 2 amide bonds. The van der Waals surface area contributed by atoms with E-state index >= 15 is 0 Å². The molecule has 0 bridgehead atoms. The highest BCUT2D eigenvalue weighted by Crippen LogP contribution is 2.44. The minimum Gasteiger partial charge on any atom is -0.481 e. The lowest BCUT2D eigenvalue weighted by atomic mass is 9.98. The zero-order valence-corrected chi connectivity index (χ0v) is 25.5. The fourth-order valence-electron chi connectivity index (χ4n) is 5.35. The fraction of sp³-hybridized carbons (Fsp3) is 0.375. The van der Waals surface area contributed by atoms with Gasteiger partial charge in [0.2, 0.25) is 11.8 Å². The van der Waals surface area contributed by atoms with Crippen LogP contribution >= 0.6 is 11.8 Å². The van der Waals surface area contributed by atoms with Crippen LogP contribution < -0.4 is 0 Å². The third-order valence-electron chi connectivity index (χ3n) is 7.84. The van der Waals surface area contributed by atoms with E-state index < -0.39 is 68.9 Å². The van der Waals surface area contributed by atoms with Crippen LogP contribution in [0.2, 0.25) is 0 Å². The van der Waals surface area contributed by atoms with Crippen LogP contribution in [0.1, 0.15) is 47.9 Å². The Balaban J connectivity index is 1.54.